The van der Waals surface area contributed by atoms with Crippen LogP contribution in [0.5, 0.6) is 0 Å². The summed E-state index contributed by atoms with van der Waals surface area (Å²) in [5, 5.41) is 3.52. The van der Waals surface area contributed by atoms with Crippen molar-refractivity contribution in [1.29, 1.82) is 0 Å². The molecule has 6 nitrogen and oxygen atoms in total. The number of sulfonamides is 1. The molecule has 1 aliphatic heterocycles. The summed E-state index contributed by atoms with van der Waals surface area (Å²) in [7, 11) is -3.52. The molecule has 0 aromatic heterocycles. The predicted octanol–water partition coefficient (Wildman–Crippen LogP) is 2.58. The molecular weight excluding hydrogens is 410 g/mol. The van der Waals surface area contributed by atoms with Gasteiger partial charge in [0.2, 0.25) is 15.9 Å². The Morgan fingerprint density at radius 1 is 1.07 bits per heavy atom. The molecule has 1 fully saturated rings. The van der Waals surface area contributed by atoms with Crippen LogP contribution < -0.4 is 5.32 Å². The van der Waals surface area contributed by atoms with Gasteiger partial charge in [-0.15, -0.1) is 0 Å². The SMILES string of the molecule is Cc1ccc(C)c(S(=O)(=O)N2CCN(CC(=O)NCc3cccc(Cl)c3)CC2)c1. The van der Waals surface area contributed by atoms with Crippen molar-refractivity contribution in [2.24, 2.45) is 0 Å². The van der Waals surface area contributed by atoms with Gasteiger partial charge < -0.3 is 5.32 Å². The summed E-state index contributed by atoms with van der Waals surface area (Å²) < 4.78 is 27.5. The van der Waals surface area contributed by atoms with Crippen molar-refractivity contribution in [3.05, 3.63) is 64.2 Å². The molecule has 0 atom stereocenters. The Morgan fingerprint density at radius 2 is 1.79 bits per heavy atom. The maximum Gasteiger partial charge on any atom is 0.243 e. The van der Waals surface area contributed by atoms with Crippen molar-refractivity contribution in [2.75, 3.05) is 32.7 Å². The summed E-state index contributed by atoms with van der Waals surface area (Å²) >= 11 is 5.95. The number of hydrogen-bond acceptors (Lipinski definition) is 4. The van der Waals surface area contributed by atoms with Gasteiger partial charge >= 0.3 is 0 Å². The normalized spacial score (nSPS) is 16.0. The third kappa shape index (κ3) is 5.57. The second kappa shape index (κ2) is 9.26. The number of amides is 1. The first kappa shape index (κ1) is 21.8. The van der Waals surface area contributed by atoms with E-state index >= 15 is 0 Å². The number of aryl methyl sites for hydroxylation is 2. The van der Waals surface area contributed by atoms with E-state index in [4.69, 9.17) is 11.6 Å². The molecule has 8 heteroatoms. The van der Waals surface area contributed by atoms with Gasteiger partial charge in [-0.05, 0) is 48.7 Å². The number of halogens is 1. The molecule has 156 valence electrons. The Hall–Kier alpha value is -1.93. The van der Waals surface area contributed by atoms with E-state index in [1.54, 1.807) is 12.1 Å². The summed E-state index contributed by atoms with van der Waals surface area (Å²) in [5.41, 5.74) is 2.61. The summed E-state index contributed by atoms with van der Waals surface area (Å²) in [6.07, 6.45) is 0. The number of nitrogens with one attached hydrogen (secondary N) is 1. The van der Waals surface area contributed by atoms with E-state index in [9.17, 15) is 13.2 Å². The van der Waals surface area contributed by atoms with E-state index in [1.807, 2.05) is 49.1 Å². The zero-order chi connectivity index (χ0) is 21.0. The van der Waals surface area contributed by atoms with Gasteiger partial charge in [0.05, 0.1) is 11.4 Å². The quantitative estimate of drug-likeness (QED) is 0.757. The lowest BCUT2D eigenvalue weighted by atomic mass is 10.2. The van der Waals surface area contributed by atoms with Crippen molar-refractivity contribution in [1.82, 2.24) is 14.5 Å². The largest absolute Gasteiger partial charge is 0.351 e. The van der Waals surface area contributed by atoms with Crippen LogP contribution in [0.15, 0.2) is 47.4 Å². The molecule has 0 radical (unpaired) electrons. The maximum absolute atomic E-state index is 13.0. The van der Waals surface area contributed by atoms with Gasteiger partial charge in [0, 0.05) is 37.7 Å². The minimum absolute atomic E-state index is 0.0872. The average Bonchev–Trinajstić information content (AvgIpc) is 2.69. The summed E-state index contributed by atoms with van der Waals surface area (Å²) in [5.74, 6) is -0.0872. The fourth-order valence-corrected chi connectivity index (χ4v) is 5.30. The lowest BCUT2D eigenvalue weighted by Crippen LogP contribution is -2.51. The molecule has 3 rings (SSSR count). The maximum atomic E-state index is 13.0. The second-order valence-corrected chi connectivity index (χ2v) is 9.70. The second-order valence-electron chi connectivity index (χ2n) is 7.36. The molecule has 1 amide bonds. The zero-order valence-electron chi connectivity index (χ0n) is 16.7. The number of nitrogens with zero attached hydrogens (tertiary/aromatic N) is 2. The molecule has 1 aliphatic rings. The number of rotatable bonds is 6. The Kier molecular flexibility index (Phi) is 6.95. The Morgan fingerprint density at radius 3 is 2.48 bits per heavy atom. The summed E-state index contributed by atoms with van der Waals surface area (Å²) in [6, 6.07) is 12.8. The van der Waals surface area contributed by atoms with Gasteiger partial charge in [-0.25, -0.2) is 8.42 Å². The van der Waals surface area contributed by atoms with E-state index in [-0.39, 0.29) is 12.5 Å². The minimum atomic E-state index is -3.52. The van der Waals surface area contributed by atoms with Crippen LogP contribution in [0.3, 0.4) is 0 Å². The van der Waals surface area contributed by atoms with Crippen LogP contribution in [0.2, 0.25) is 5.02 Å². The van der Waals surface area contributed by atoms with E-state index in [1.165, 1.54) is 4.31 Å². The molecule has 2 aromatic carbocycles. The van der Waals surface area contributed by atoms with E-state index in [2.05, 4.69) is 5.32 Å². The third-order valence-corrected chi connectivity index (χ3v) is 7.31. The average molecular weight is 436 g/mol. The van der Waals surface area contributed by atoms with Crippen LogP contribution >= 0.6 is 11.6 Å². The van der Waals surface area contributed by atoms with Crippen LogP contribution in [0.25, 0.3) is 0 Å². The minimum Gasteiger partial charge on any atom is -0.351 e. The Labute approximate surface area is 177 Å². The van der Waals surface area contributed by atoms with Crippen molar-refractivity contribution in [2.45, 2.75) is 25.3 Å². The first-order chi connectivity index (χ1) is 13.8. The van der Waals surface area contributed by atoms with Crippen molar-refractivity contribution < 1.29 is 13.2 Å². The predicted molar refractivity (Wildman–Crippen MR) is 114 cm³/mol. The molecule has 2 aromatic rings. The molecule has 29 heavy (non-hydrogen) atoms. The van der Waals surface area contributed by atoms with Crippen molar-refractivity contribution in [3.8, 4) is 0 Å². The molecule has 0 unspecified atom stereocenters. The van der Waals surface area contributed by atoms with E-state index < -0.39 is 10.0 Å². The number of hydrogen-bond donors (Lipinski definition) is 1. The number of carbonyl (C=O) groups excluding carboxylic acids is 1. The van der Waals surface area contributed by atoms with Gasteiger partial charge in [0.15, 0.2) is 0 Å². The standard InChI is InChI=1S/C21H26ClN3O3S/c1-16-6-7-17(2)20(12-16)29(27,28)25-10-8-24(9-11-25)15-21(26)23-14-18-4-3-5-19(22)13-18/h3-7,12-13H,8-11,14-15H2,1-2H3,(H,23,26). The lowest BCUT2D eigenvalue weighted by Gasteiger charge is -2.33. The molecule has 1 N–H and O–H groups in total. The molecule has 0 saturated carbocycles. The highest BCUT2D eigenvalue weighted by Crippen LogP contribution is 2.22. The van der Waals surface area contributed by atoms with Crippen molar-refractivity contribution >= 4 is 27.5 Å². The summed E-state index contributed by atoms with van der Waals surface area (Å²) in [6.45, 7) is 6.15. The van der Waals surface area contributed by atoms with Crippen molar-refractivity contribution in [3.63, 3.8) is 0 Å². The fourth-order valence-electron chi connectivity index (χ4n) is 3.36. The highest BCUT2D eigenvalue weighted by Gasteiger charge is 2.30. The van der Waals surface area contributed by atoms with Crippen LogP contribution in [0.4, 0.5) is 0 Å². The van der Waals surface area contributed by atoms with Gasteiger partial charge in [0.1, 0.15) is 0 Å². The smallest absolute Gasteiger partial charge is 0.243 e. The molecule has 1 heterocycles. The monoisotopic (exact) mass is 435 g/mol. The summed E-state index contributed by atoms with van der Waals surface area (Å²) in [4.78, 5) is 14.6. The fraction of sp³-hybridized carbons (Fsp3) is 0.381. The highest BCUT2D eigenvalue weighted by atomic mass is 35.5. The van der Waals surface area contributed by atoms with E-state index in [0.717, 1.165) is 16.7 Å². The molecule has 0 spiro atoms. The molecule has 0 bridgehead atoms. The first-order valence-corrected chi connectivity index (χ1v) is 11.4. The van der Waals surface area contributed by atoms with Crippen LogP contribution in [0.1, 0.15) is 16.7 Å². The third-order valence-electron chi connectivity index (χ3n) is 5.04. The van der Waals surface area contributed by atoms with Crippen LogP contribution in [-0.4, -0.2) is 56.3 Å². The number of benzene rings is 2. The molecule has 1 saturated heterocycles. The van der Waals surface area contributed by atoms with Crippen LogP contribution in [0, 0.1) is 13.8 Å². The highest BCUT2D eigenvalue weighted by molar-refractivity contribution is 7.89. The van der Waals surface area contributed by atoms with Gasteiger partial charge in [0.25, 0.3) is 0 Å². The van der Waals surface area contributed by atoms with Gasteiger partial charge in [-0.3, -0.25) is 9.69 Å². The Balaban J connectivity index is 1.52. The zero-order valence-corrected chi connectivity index (χ0v) is 18.3. The van der Waals surface area contributed by atoms with Crippen LogP contribution in [-0.2, 0) is 21.4 Å². The topological polar surface area (TPSA) is 69.7 Å². The van der Waals surface area contributed by atoms with E-state index in [0.29, 0.717) is 42.6 Å². The van der Waals surface area contributed by atoms with Gasteiger partial charge in [-0.1, -0.05) is 35.9 Å². The van der Waals surface area contributed by atoms with Gasteiger partial charge in [-0.2, -0.15) is 4.31 Å². The molecular formula is C21H26ClN3O3S. The number of carbonyl (C=O) groups is 1. The lowest BCUT2D eigenvalue weighted by molar-refractivity contribution is -0.122. The number of piperazine rings is 1. The molecule has 0 aliphatic carbocycles. The first-order valence-electron chi connectivity index (χ1n) is 9.56. The Bertz CT molecular complexity index is 986.